The molecule has 2 aromatic rings. The zero-order chi connectivity index (χ0) is 21.0. The number of piperazine rings is 1. The molecule has 0 atom stereocenters. The Hall–Kier alpha value is -2.49. The van der Waals surface area contributed by atoms with Gasteiger partial charge in [0.15, 0.2) is 0 Å². The molecule has 0 spiro atoms. The van der Waals surface area contributed by atoms with Crippen molar-refractivity contribution in [3.8, 4) is 0 Å². The summed E-state index contributed by atoms with van der Waals surface area (Å²) in [5.41, 5.74) is 0.733. The molecule has 10 heteroatoms. The molecule has 1 saturated heterocycles. The van der Waals surface area contributed by atoms with Gasteiger partial charge in [-0.3, -0.25) is 14.9 Å². The van der Waals surface area contributed by atoms with Crippen LogP contribution in [0.5, 0.6) is 0 Å². The minimum absolute atomic E-state index is 0.0349. The minimum Gasteiger partial charge on any atom is -0.340 e. The Morgan fingerprint density at radius 3 is 2.34 bits per heavy atom. The Morgan fingerprint density at radius 2 is 1.72 bits per heavy atom. The molecule has 1 aliphatic heterocycles. The average Bonchev–Trinajstić information content (AvgIpc) is 2.73. The summed E-state index contributed by atoms with van der Waals surface area (Å²) < 4.78 is 26.8. The highest BCUT2D eigenvalue weighted by molar-refractivity contribution is 7.89. The lowest BCUT2D eigenvalue weighted by atomic mass is 10.1. The van der Waals surface area contributed by atoms with Crippen LogP contribution in [0.2, 0.25) is 5.02 Å². The SMILES string of the molecule is O=C(CCc1ccc(Cl)cc1)N1CCN(S(=O)(=O)c2cccc([N+](=O)[O-])c2)CC1. The molecule has 8 nitrogen and oxygen atoms in total. The quantitative estimate of drug-likeness (QED) is 0.510. The summed E-state index contributed by atoms with van der Waals surface area (Å²) in [6, 6.07) is 12.3. The van der Waals surface area contributed by atoms with E-state index in [-0.39, 0.29) is 42.7 Å². The normalized spacial score (nSPS) is 15.3. The van der Waals surface area contributed by atoms with E-state index in [9.17, 15) is 23.3 Å². The van der Waals surface area contributed by atoms with Gasteiger partial charge in [-0.15, -0.1) is 0 Å². The summed E-state index contributed by atoms with van der Waals surface area (Å²) in [5.74, 6) is -0.0349. The van der Waals surface area contributed by atoms with Gasteiger partial charge < -0.3 is 4.90 Å². The number of nitro benzene ring substituents is 1. The molecule has 154 valence electrons. The van der Waals surface area contributed by atoms with Crippen molar-refractivity contribution in [3.63, 3.8) is 0 Å². The number of carbonyl (C=O) groups excluding carboxylic acids is 1. The molecule has 0 bridgehead atoms. The van der Waals surface area contributed by atoms with Crippen molar-refractivity contribution in [2.75, 3.05) is 26.2 Å². The molecule has 0 N–H and O–H groups in total. The van der Waals surface area contributed by atoms with Crippen LogP contribution in [0, 0.1) is 10.1 Å². The number of hydrogen-bond donors (Lipinski definition) is 0. The third kappa shape index (κ3) is 5.11. The van der Waals surface area contributed by atoms with Crippen molar-refractivity contribution in [2.45, 2.75) is 17.7 Å². The number of carbonyl (C=O) groups is 1. The van der Waals surface area contributed by atoms with E-state index in [1.807, 2.05) is 12.1 Å². The van der Waals surface area contributed by atoms with E-state index in [4.69, 9.17) is 11.6 Å². The topological polar surface area (TPSA) is 101 Å². The van der Waals surface area contributed by atoms with Crippen molar-refractivity contribution in [2.24, 2.45) is 0 Å². The molecule has 0 unspecified atom stereocenters. The third-order valence-electron chi connectivity index (χ3n) is 4.80. The Kier molecular flexibility index (Phi) is 6.51. The van der Waals surface area contributed by atoms with Gasteiger partial charge in [0.2, 0.25) is 15.9 Å². The predicted molar refractivity (Wildman–Crippen MR) is 108 cm³/mol. The van der Waals surface area contributed by atoms with E-state index in [0.29, 0.717) is 17.9 Å². The fourth-order valence-corrected chi connectivity index (χ4v) is 4.73. The zero-order valence-electron chi connectivity index (χ0n) is 15.5. The van der Waals surface area contributed by atoms with Crippen LogP contribution in [0.3, 0.4) is 0 Å². The van der Waals surface area contributed by atoms with Crippen LogP contribution in [0.25, 0.3) is 0 Å². The van der Waals surface area contributed by atoms with Crippen LogP contribution < -0.4 is 0 Å². The van der Waals surface area contributed by atoms with Gasteiger partial charge in [0.1, 0.15) is 0 Å². The lowest BCUT2D eigenvalue weighted by molar-refractivity contribution is -0.385. The lowest BCUT2D eigenvalue weighted by Gasteiger charge is -2.34. The minimum atomic E-state index is -3.85. The fourth-order valence-electron chi connectivity index (χ4n) is 3.14. The number of nitro groups is 1. The molecule has 3 rings (SSSR count). The van der Waals surface area contributed by atoms with Gasteiger partial charge >= 0.3 is 0 Å². The number of non-ortho nitro benzene ring substituents is 1. The van der Waals surface area contributed by atoms with Crippen LogP contribution in [0.1, 0.15) is 12.0 Å². The highest BCUT2D eigenvalue weighted by Gasteiger charge is 2.30. The standard InChI is InChI=1S/C19H20ClN3O5S/c20-16-7-4-15(5-8-16)6-9-19(24)21-10-12-22(13-11-21)29(27,28)18-3-1-2-17(14-18)23(25)26/h1-5,7-8,14H,6,9-13H2. The molecule has 0 radical (unpaired) electrons. The van der Waals surface area contributed by atoms with Gasteiger partial charge in [-0.05, 0) is 30.2 Å². The second-order valence-corrected chi connectivity index (χ2v) is 9.04. The number of rotatable bonds is 6. The smallest absolute Gasteiger partial charge is 0.270 e. The monoisotopic (exact) mass is 437 g/mol. The van der Waals surface area contributed by atoms with Crippen molar-refractivity contribution in [1.82, 2.24) is 9.21 Å². The maximum Gasteiger partial charge on any atom is 0.270 e. The van der Waals surface area contributed by atoms with Gasteiger partial charge in [-0.1, -0.05) is 29.8 Å². The highest BCUT2D eigenvalue weighted by Crippen LogP contribution is 2.22. The molecular formula is C19H20ClN3O5S. The Balaban J connectivity index is 1.58. The lowest BCUT2D eigenvalue weighted by Crippen LogP contribution is -2.50. The van der Waals surface area contributed by atoms with E-state index in [1.54, 1.807) is 17.0 Å². The second kappa shape index (κ2) is 8.89. The Labute approximate surface area is 173 Å². The molecule has 1 fully saturated rings. The number of halogens is 1. The maximum atomic E-state index is 12.8. The van der Waals surface area contributed by atoms with Gasteiger partial charge in [0.25, 0.3) is 5.69 Å². The summed E-state index contributed by atoms with van der Waals surface area (Å²) in [5, 5.41) is 11.5. The fraction of sp³-hybridized carbons (Fsp3) is 0.316. The third-order valence-corrected chi connectivity index (χ3v) is 6.94. The van der Waals surface area contributed by atoms with Gasteiger partial charge in [0.05, 0.1) is 9.82 Å². The van der Waals surface area contributed by atoms with E-state index >= 15 is 0 Å². The molecule has 1 aliphatic rings. The summed E-state index contributed by atoms with van der Waals surface area (Å²) in [6.07, 6.45) is 0.918. The number of nitrogens with zero attached hydrogens (tertiary/aromatic N) is 3. The first kappa shape index (κ1) is 21.2. The predicted octanol–water partition coefficient (Wildman–Crippen LogP) is 2.71. The van der Waals surface area contributed by atoms with Crippen LogP contribution >= 0.6 is 11.6 Å². The molecule has 0 aliphatic carbocycles. The van der Waals surface area contributed by atoms with Crippen LogP contribution in [-0.2, 0) is 21.2 Å². The van der Waals surface area contributed by atoms with Gasteiger partial charge in [0, 0.05) is 49.8 Å². The molecule has 29 heavy (non-hydrogen) atoms. The maximum absolute atomic E-state index is 12.8. The Bertz CT molecular complexity index is 1000. The zero-order valence-corrected chi connectivity index (χ0v) is 17.1. The molecule has 2 aromatic carbocycles. The number of aryl methyl sites for hydroxylation is 1. The summed E-state index contributed by atoms with van der Waals surface area (Å²) >= 11 is 5.85. The molecular weight excluding hydrogens is 418 g/mol. The largest absolute Gasteiger partial charge is 0.340 e. The first-order valence-corrected chi connectivity index (χ1v) is 10.9. The van der Waals surface area contributed by atoms with Crippen molar-refractivity contribution in [3.05, 3.63) is 69.2 Å². The number of hydrogen-bond acceptors (Lipinski definition) is 5. The van der Waals surface area contributed by atoms with Crippen LogP contribution in [0.15, 0.2) is 53.4 Å². The van der Waals surface area contributed by atoms with Crippen LogP contribution in [-0.4, -0.2) is 54.6 Å². The molecule has 0 aromatic heterocycles. The van der Waals surface area contributed by atoms with Crippen LogP contribution in [0.4, 0.5) is 5.69 Å². The summed E-state index contributed by atoms with van der Waals surface area (Å²) in [6.45, 7) is 0.872. The first-order chi connectivity index (χ1) is 13.8. The van der Waals surface area contributed by atoms with E-state index in [1.165, 1.54) is 22.5 Å². The molecule has 0 saturated carbocycles. The number of amides is 1. The van der Waals surface area contributed by atoms with E-state index in [0.717, 1.165) is 11.6 Å². The van der Waals surface area contributed by atoms with E-state index < -0.39 is 14.9 Å². The second-order valence-electron chi connectivity index (χ2n) is 6.67. The summed E-state index contributed by atoms with van der Waals surface area (Å²) in [4.78, 5) is 24.2. The van der Waals surface area contributed by atoms with Crippen molar-refractivity contribution in [1.29, 1.82) is 0 Å². The number of benzene rings is 2. The van der Waals surface area contributed by atoms with Crippen molar-refractivity contribution >= 4 is 33.2 Å². The molecule has 1 amide bonds. The Morgan fingerprint density at radius 1 is 1.07 bits per heavy atom. The van der Waals surface area contributed by atoms with E-state index in [2.05, 4.69) is 0 Å². The summed E-state index contributed by atoms with van der Waals surface area (Å²) in [7, 11) is -3.85. The highest BCUT2D eigenvalue weighted by atomic mass is 35.5. The molecule has 1 heterocycles. The van der Waals surface area contributed by atoms with Gasteiger partial charge in [-0.2, -0.15) is 4.31 Å². The first-order valence-electron chi connectivity index (χ1n) is 9.04. The van der Waals surface area contributed by atoms with Gasteiger partial charge in [-0.25, -0.2) is 8.42 Å². The average molecular weight is 438 g/mol. The van der Waals surface area contributed by atoms with Crippen molar-refractivity contribution < 1.29 is 18.1 Å². The number of sulfonamides is 1.